The van der Waals surface area contributed by atoms with Gasteiger partial charge in [0.05, 0.1) is 0 Å². The molecular formula is C18H17N3O2. The Kier molecular flexibility index (Phi) is 2.91. The zero-order chi connectivity index (χ0) is 16.1. The number of nitrogens with one attached hydrogen (secondary N) is 2. The summed E-state index contributed by atoms with van der Waals surface area (Å²) in [6.45, 7) is 0. The second-order valence-electron chi connectivity index (χ2n) is 6.16. The summed E-state index contributed by atoms with van der Waals surface area (Å²) < 4.78 is 0. The summed E-state index contributed by atoms with van der Waals surface area (Å²) in [5.74, 6) is -0.427. The molecule has 2 unspecified atom stereocenters. The molecule has 5 heteroatoms. The molecule has 4 rings (SSSR count). The maximum absolute atomic E-state index is 12.1. The van der Waals surface area contributed by atoms with Gasteiger partial charge in [0.2, 0.25) is 0 Å². The molecule has 0 saturated carbocycles. The maximum Gasteiger partial charge on any atom is 0.322 e. The Bertz CT molecular complexity index is 870. The second-order valence-corrected chi connectivity index (χ2v) is 6.16. The first-order valence-corrected chi connectivity index (χ1v) is 7.59. The summed E-state index contributed by atoms with van der Waals surface area (Å²) in [4.78, 5) is 25.6. The van der Waals surface area contributed by atoms with Gasteiger partial charge in [-0.25, -0.2) is 4.79 Å². The number of rotatable bonds is 2. The Balaban J connectivity index is 1.92. The Morgan fingerprint density at radius 1 is 1.09 bits per heavy atom. The van der Waals surface area contributed by atoms with Crippen molar-refractivity contribution in [3.05, 3.63) is 47.5 Å². The van der Waals surface area contributed by atoms with Crippen LogP contribution in [0.5, 0.6) is 0 Å². The molecule has 2 N–H and O–H groups in total. The van der Waals surface area contributed by atoms with E-state index in [9.17, 15) is 9.59 Å². The highest BCUT2D eigenvalue weighted by Gasteiger charge is 2.37. The molecule has 0 spiro atoms. The molecule has 2 aromatic carbocycles. The normalized spacial score (nSPS) is 22.2. The van der Waals surface area contributed by atoms with Crippen LogP contribution in [-0.2, 0) is 4.79 Å². The summed E-state index contributed by atoms with van der Waals surface area (Å²) in [5.41, 5.74) is 3.37. The lowest BCUT2D eigenvalue weighted by Gasteiger charge is -2.27. The number of carbonyl (C=O) groups excluding carboxylic acids is 2. The summed E-state index contributed by atoms with van der Waals surface area (Å²) in [6.07, 6.45) is 4.08. The van der Waals surface area contributed by atoms with Gasteiger partial charge >= 0.3 is 6.03 Å². The van der Waals surface area contributed by atoms with Gasteiger partial charge in [-0.3, -0.25) is 10.1 Å². The Morgan fingerprint density at radius 3 is 2.61 bits per heavy atom. The molecule has 1 saturated heterocycles. The molecule has 2 atom stereocenters. The van der Waals surface area contributed by atoms with Crippen molar-refractivity contribution in [2.75, 3.05) is 19.0 Å². The van der Waals surface area contributed by atoms with Gasteiger partial charge < -0.3 is 10.2 Å². The molecular weight excluding hydrogens is 290 g/mol. The minimum atomic E-state index is -0.555. The summed E-state index contributed by atoms with van der Waals surface area (Å²) in [5, 5.41) is 7.34. The van der Waals surface area contributed by atoms with Crippen LogP contribution in [0.2, 0.25) is 0 Å². The van der Waals surface area contributed by atoms with Crippen LogP contribution in [-0.4, -0.2) is 32.1 Å². The first-order chi connectivity index (χ1) is 11.1. The molecule has 1 aliphatic heterocycles. The molecule has 0 bridgehead atoms. The van der Waals surface area contributed by atoms with E-state index in [4.69, 9.17) is 0 Å². The van der Waals surface area contributed by atoms with E-state index in [1.165, 1.54) is 0 Å². The average molecular weight is 307 g/mol. The fourth-order valence-electron chi connectivity index (χ4n) is 3.54. The third-order valence-corrected chi connectivity index (χ3v) is 4.57. The molecule has 2 aliphatic rings. The number of hydrogen-bond acceptors (Lipinski definition) is 3. The van der Waals surface area contributed by atoms with Gasteiger partial charge in [0, 0.05) is 31.3 Å². The third kappa shape index (κ3) is 2.00. The Labute approximate surface area is 134 Å². The van der Waals surface area contributed by atoms with E-state index in [1.54, 1.807) is 0 Å². The summed E-state index contributed by atoms with van der Waals surface area (Å²) in [6, 6.07) is 9.34. The maximum atomic E-state index is 12.1. The van der Waals surface area contributed by atoms with Crippen molar-refractivity contribution >= 4 is 34.5 Å². The zero-order valence-electron chi connectivity index (χ0n) is 13.0. The van der Waals surface area contributed by atoms with Gasteiger partial charge in [0.1, 0.15) is 6.04 Å². The van der Waals surface area contributed by atoms with Crippen LogP contribution in [0.4, 0.5) is 10.5 Å². The number of urea groups is 1. The lowest BCUT2D eigenvalue weighted by atomic mass is 9.81. The lowest BCUT2D eigenvalue weighted by Crippen LogP contribution is -2.35. The van der Waals surface area contributed by atoms with Crippen LogP contribution in [0.3, 0.4) is 0 Å². The number of imide groups is 1. The molecule has 5 nitrogen and oxygen atoms in total. The first kappa shape index (κ1) is 13.8. The largest absolute Gasteiger partial charge is 0.377 e. The Hall–Kier alpha value is -2.82. The predicted molar refractivity (Wildman–Crippen MR) is 90.5 cm³/mol. The summed E-state index contributed by atoms with van der Waals surface area (Å²) >= 11 is 0. The predicted octanol–water partition coefficient (Wildman–Crippen LogP) is 2.22. The van der Waals surface area contributed by atoms with Gasteiger partial charge in [-0.1, -0.05) is 36.4 Å². The number of hydrogen-bond donors (Lipinski definition) is 2. The van der Waals surface area contributed by atoms with Crippen molar-refractivity contribution in [1.82, 2.24) is 10.6 Å². The molecule has 1 fully saturated rings. The van der Waals surface area contributed by atoms with E-state index in [0.717, 1.165) is 27.6 Å². The van der Waals surface area contributed by atoms with Crippen LogP contribution in [0, 0.1) is 0 Å². The number of amides is 3. The quantitative estimate of drug-likeness (QED) is 0.836. The van der Waals surface area contributed by atoms with E-state index < -0.39 is 12.1 Å². The number of carbonyl (C=O) groups is 2. The third-order valence-electron chi connectivity index (χ3n) is 4.57. The highest BCUT2D eigenvalue weighted by molar-refractivity contribution is 6.06. The van der Waals surface area contributed by atoms with Crippen molar-refractivity contribution in [2.45, 2.75) is 12.0 Å². The van der Waals surface area contributed by atoms with Crippen LogP contribution in [0.15, 0.2) is 36.4 Å². The molecule has 23 heavy (non-hydrogen) atoms. The fraction of sp³-hybridized carbons (Fsp3) is 0.222. The van der Waals surface area contributed by atoms with Crippen molar-refractivity contribution in [3.63, 3.8) is 0 Å². The van der Waals surface area contributed by atoms with Gasteiger partial charge in [0.25, 0.3) is 5.91 Å². The van der Waals surface area contributed by atoms with Crippen molar-refractivity contribution < 1.29 is 9.59 Å². The molecule has 2 aromatic rings. The van der Waals surface area contributed by atoms with E-state index >= 15 is 0 Å². The average Bonchev–Trinajstić information content (AvgIpc) is 2.86. The minimum absolute atomic E-state index is 0.157. The molecule has 1 aliphatic carbocycles. The van der Waals surface area contributed by atoms with Gasteiger partial charge in [-0.05, 0) is 22.4 Å². The minimum Gasteiger partial charge on any atom is -0.377 e. The smallest absolute Gasteiger partial charge is 0.322 e. The van der Waals surface area contributed by atoms with Crippen LogP contribution in [0.1, 0.15) is 17.0 Å². The number of nitrogens with zero attached hydrogens (tertiary/aromatic N) is 1. The van der Waals surface area contributed by atoms with E-state index in [1.807, 2.05) is 32.3 Å². The monoisotopic (exact) mass is 307 g/mol. The van der Waals surface area contributed by atoms with Crippen LogP contribution >= 0.6 is 0 Å². The second kappa shape index (κ2) is 4.84. The highest BCUT2D eigenvalue weighted by atomic mass is 16.2. The topological polar surface area (TPSA) is 61.4 Å². The molecule has 0 aromatic heterocycles. The zero-order valence-corrected chi connectivity index (χ0v) is 13.0. The number of anilines is 1. The first-order valence-electron chi connectivity index (χ1n) is 7.59. The molecule has 0 radical (unpaired) electrons. The van der Waals surface area contributed by atoms with Crippen molar-refractivity contribution in [3.8, 4) is 0 Å². The van der Waals surface area contributed by atoms with E-state index in [-0.39, 0.29) is 11.8 Å². The van der Waals surface area contributed by atoms with E-state index in [2.05, 4.69) is 39.8 Å². The van der Waals surface area contributed by atoms with Gasteiger partial charge in [0.15, 0.2) is 0 Å². The lowest BCUT2D eigenvalue weighted by molar-refractivity contribution is -0.120. The van der Waals surface area contributed by atoms with Crippen molar-refractivity contribution in [2.24, 2.45) is 0 Å². The van der Waals surface area contributed by atoms with Gasteiger partial charge in [-0.2, -0.15) is 0 Å². The van der Waals surface area contributed by atoms with Crippen molar-refractivity contribution in [1.29, 1.82) is 0 Å². The standard InChI is InChI=1S/C18H17N3O2/c1-21(2)14-9-6-10-4-3-5-11-12(7-8-13(14)15(10)11)16-17(22)20-18(23)19-16/h3-9,12,16H,1-2H3,(H2,19,20,22,23). The van der Waals surface area contributed by atoms with Crippen LogP contribution in [0.25, 0.3) is 16.8 Å². The van der Waals surface area contributed by atoms with E-state index in [0.29, 0.717) is 0 Å². The fourth-order valence-corrected chi connectivity index (χ4v) is 3.54. The van der Waals surface area contributed by atoms with Crippen LogP contribution < -0.4 is 15.5 Å². The summed E-state index contributed by atoms with van der Waals surface area (Å²) in [7, 11) is 4.04. The van der Waals surface area contributed by atoms with Gasteiger partial charge in [-0.15, -0.1) is 0 Å². The SMILES string of the molecule is CN(C)c1ccc2cccc3c2c1C=CC3C1NC(=O)NC1=O. The Morgan fingerprint density at radius 2 is 1.91 bits per heavy atom. The molecule has 1 heterocycles. The molecule has 3 amide bonds. The number of benzene rings is 2. The molecule has 116 valence electrons. The highest BCUT2D eigenvalue weighted by Crippen LogP contribution is 2.40.